The van der Waals surface area contributed by atoms with Crippen molar-refractivity contribution in [1.82, 2.24) is 4.90 Å². The maximum Gasteiger partial charge on any atom is 0.346 e. The molecule has 4 nitrogen and oxygen atoms in total. The lowest BCUT2D eigenvalue weighted by molar-refractivity contribution is 0.151. The van der Waals surface area contributed by atoms with Crippen molar-refractivity contribution in [1.29, 1.82) is 0 Å². The number of nitrogens with zero attached hydrogens (tertiary/aromatic N) is 2. The first kappa shape index (κ1) is 13.0. The molecule has 6 heteroatoms. The van der Waals surface area contributed by atoms with Gasteiger partial charge in [-0.1, -0.05) is 18.2 Å². The van der Waals surface area contributed by atoms with E-state index < -0.39 is 12.5 Å². The van der Waals surface area contributed by atoms with E-state index in [1.54, 1.807) is 17.0 Å². The number of alkyl halides is 2. The van der Waals surface area contributed by atoms with Crippen LogP contribution in [0, 0.1) is 5.92 Å². The van der Waals surface area contributed by atoms with Gasteiger partial charge in [0, 0.05) is 12.1 Å². The van der Waals surface area contributed by atoms with Crippen LogP contribution in [0.25, 0.3) is 0 Å². The lowest BCUT2D eigenvalue weighted by atomic mass is 10.0. The Hall–Kier alpha value is -1.98. The molecule has 0 radical (unpaired) electrons. The Balaban J connectivity index is 1.91. The molecule has 1 aromatic carbocycles. The van der Waals surface area contributed by atoms with E-state index in [0.717, 1.165) is 12.8 Å². The monoisotopic (exact) mass is 279 g/mol. The summed E-state index contributed by atoms with van der Waals surface area (Å²) in [7, 11) is 0. The molecule has 1 heterocycles. The number of rotatable bonds is 4. The highest BCUT2D eigenvalue weighted by atomic mass is 19.3. The summed E-state index contributed by atoms with van der Waals surface area (Å²) in [5.74, 6) is 0.669. The van der Waals surface area contributed by atoms with Crippen LogP contribution < -0.4 is 5.73 Å². The van der Waals surface area contributed by atoms with Crippen LogP contribution in [-0.2, 0) is 0 Å². The summed E-state index contributed by atoms with van der Waals surface area (Å²) in [5, 5.41) is 0. The molecule has 1 fully saturated rings. The van der Waals surface area contributed by atoms with Gasteiger partial charge in [-0.3, -0.25) is 0 Å². The van der Waals surface area contributed by atoms with Gasteiger partial charge >= 0.3 is 6.03 Å². The number of hydrogen-bond acceptors (Lipinski definition) is 2. The van der Waals surface area contributed by atoms with Gasteiger partial charge in [-0.15, -0.1) is 0 Å². The van der Waals surface area contributed by atoms with Crippen molar-refractivity contribution >= 4 is 11.9 Å². The van der Waals surface area contributed by atoms with Crippen LogP contribution in [0.15, 0.2) is 29.3 Å². The van der Waals surface area contributed by atoms with E-state index in [-0.39, 0.29) is 17.4 Å². The molecular formula is C14H15F2N3O. The van der Waals surface area contributed by atoms with E-state index in [0.29, 0.717) is 18.0 Å². The standard InChI is InChI=1S/C14H15F2N3O/c15-12(16)10-3-1-2-9(6-10)11-13(17)18-14(20)19(11)7-8-4-5-8/h1-3,6,8,11-12H,4-5,7H2,(H2,17,18,20). The normalized spacial score (nSPS) is 22.6. The third-order valence-corrected chi connectivity index (χ3v) is 3.69. The highest BCUT2D eigenvalue weighted by molar-refractivity contribution is 6.03. The van der Waals surface area contributed by atoms with E-state index in [9.17, 15) is 13.6 Å². The minimum absolute atomic E-state index is 0.0685. The Labute approximate surface area is 115 Å². The number of carbonyl (C=O) groups excluding carboxylic acids is 1. The smallest absolute Gasteiger partial charge is 0.346 e. The third kappa shape index (κ3) is 2.37. The lowest BCUT2D eigenvalue weighted by Crippen LogP contribution is -2.34. The van der Waals surface area contributed by atoms with Gasteiger partial charge in [-0.25, -0.2) is 13.6 Å². The van der Waals surface area contributed by atoms with E-state index >= 15 is 0 Å². The molecule has 0 bridgehead atoms. The number of halogens is 2. The minimum atomic E-state index is -2.54. The van der Waals surface area contributed by atoms with E-state index in [1.807, 2.05) is 0 Å². The van der Waals surface area contributed by atoms with Crippen LogP contribution in [0.3, 0.4) is 0 Å². The average Bonchev–Trinajstić information content (AvgIpc) is 3.17. The SMILES string of the molecule is NC1=NC(=O)N(CC2CC2)C1c1cccc(C(F)F)c1. The summed E-state index contributed by atoms with van der Waals surface area (Å²) in [6.07, 6.45) is -0.358. The van der Waals surface area contributed by atoms with E-state index in [2.05, 4.69) is 4.99 Å². The molecule has 0 saturated heterocycles. The fraction of sp³-hybridized carbons (Fsp3) is 0.429. The van der Waals surface area contributed by atoms with E-state index in [1.165, 1.54) is 12.1 Å². The predicted octanol–water partition coefficient (Wildman–Crippen LogP) is 2.87. The number of amides is 2. The number of carbonyl (C=O) groups is 1. The molecule has 2 amide bonds. The molecule has 106 valence electrons. The number of aliphatic imine (C=N–C) groups is 1. The van der Waals surface area contributed by atoms with Crippen LogP contribution in [0.1, 0.15) is 36.4 Å². The number of nitrogens with two attached hydrogens (primary N) is 1. The summed E-state index contributed by atoms with van der Waals surface area (Å²) < 4.78 is 25.6. The summed E-state index contributed by atoms with van der Waals surface area (Å²) in [6, 6.07) is 5.14. The fourth-order valence-electron chi connectivity index (χ4n) is 2.48. The van der Waals surface area contributed by atoms with Gasteiger partial charge in [-0.2, -0.15) is 4.99 Å². The first-order valence-corrected chi connectivity index (χ1v) is 6.59. The fourth-order valence-corrected chi connectivity index (χ4v) is 2.48. The van der Waals surface area contributed by atoms with Crippen LogP contribution in [0.2, 0.25) is 0 Å². The molecule has 20 heavy (non-hydrogen) atoms. The summed E-state index contributed by atoms with van der Waals surface area (Å²) in [5.41, 5.74) is 6.34. The first-order chi connectivity index (χ1) is 9.56. The van der Waals surface area contributed by atoms with Crippen LogP contribution in [0.5, 0.6) is 0 Å². The Morgan fingerprint density at radius 3 is 2.80 bits per heavy atom. The molecule has 1 aliphatic carbocycles. The number of benzene rings is 1. The van der Waals surface area contributed by atoms with Gasteiger partial charge in [0.25, 0.3) is 6.43 Å². The third-order valence-electron chi connectivity index (χ3n) is 3.69. The largest absolute Gasteiger partial charge is 0.385 e. The first-order valence-electron chi connectivity index (χ1n) is 6.59. The second-order valence-electron chi connectivity index (χ2n) is 5.29. The Morgan fingerprint density at radius 2 is 2.15 bits per heavy atom. The molecule has 3 rings (SSSR count). The van der Waals surface area contributed by atoms with Crippen LogP contribution in [-0.4, -0.2) is 23.3 Å². The predicted molar refractivity (Wildman–Crippen MR) is 70.6 cm³/mol. The van der Waals surface area contributed by atoms with Gasteiger partial charge in [0.15, 0.2) is 0 Å². The van der Waals surface area contributed by atoms with Gasteiger partial charge in [0.1, 0.15) is 11.9 Å². The Kier molecular flexibility index (Phi) is 3.16. The Morgan fingerprint density at radius 1 is 1.40 bits per heavy atom. The molecule has 1 atom stereocenters. The van der Waals surface area contributed by atoms with Crippen molar-refractivity contribution in [3.05, 3.63) is 35.4 Å². The van der Waals surface area contributed by atoms with Gasteiger partial charge in [-0.05, 0) is 30.4 Å². The zero-order valence-electron chi connectivity index (χ0n) is 10.8. The van der Waals surface area contributed by atoms with Crippen molar-refractivity contribution in [2.24, 2.45) is 16.6 Å². The summed E-state index contributed by atoms with van der Waals surface area (Å²) in [4.78, 5) is 17.2. The van der Waals surface area contributed by atoms with Crippen molar-refractivity contribution < 1.29 is 13.6 Å². The Bertz CT molecular complexity index is 569. The molecule has 1 unspecified atom stereocenters. The zero-order chi connectivity index (χ0) is 14.3. The molecule has 1 aromatic rings. The van der Waals surface area contributed by atoms with Gasteiger partial charge < -0.3 is 10.6 Å². The second-order valence-corrected chi connectivity index (χ2v) is 5.29. The molecule has 0 aromatic heterocycles. The van der Waals surface area contributed by atoms with Gasteiger partial charge in [0.05, 0.1) is 0 Å². The molecular weight excluding hydrogens is 264 g/mol. The number of hydrogen-bond donors (Lipinski definition) is 1. The van der Waals surface area contributed by atoms with Gasteiger partial charge in [0.2, 0.25) is 0 Å². The lowest BCUT2D eigenvalue weighted by Gasteiger charge is -2.24. The summed E-state index contributed by atoms with van der Waals surface area (Å²) in [6.45, 7) is 0.590. The van der Waals surface area contributed by atoms with Crippen LogP contribution in [0.4, 0.5) is 13.6 Å². The average molecular weight is 279 g/mol. The molecule has 2 aliphatic rings. The van der Waals surface area contributed by atoms with Crippen molar-refractivity contribution in [3.8, 4) is 0 Å². The minimum Gasteiger partial charge on any atom is -0.385 e. The van der Waals surface area contributed by atoms with Crippen molar-refractivity contribution in [2.45, 2.75) is 25.3 Å². The van der Waals surface area contributed by atoms with E-state index in [4.69, 9.17) is 5.73 Å². The molecule has 2 N–H and O–H groups in total. The van der Waals surface area contributed by atoms with Crippen molar-refractivity contribution in [2.75, 3.05) is 6.54 Å². The number of amidine groups is 1. The highest BCUT2D eigenvalue weighted by Crippen LogP contribution is 2.36. The maximum atomic E-state index is 12.8. The highest BCUT2D eigenvalue weighted by Gasteiger charge is 2.38. The van der Waals surface area contributed by atoms with Crippen LogP contribution >= 0.6 is 0 Å². The zero-order valence-corrected chi connectivity index (χ0v) is 10.8. The molecule has 0 spiro atoms. The van der Waals surface area contributed by atoms with Crippen molar-refractivity contribution in [3.63, 3.8) is 0 Å². The maximum absolute atomic E-state index is 12.8. The quantitative estimate of drug-likeness (QED) is 0.921. The molecule has 1 saturated carbocycles. The second kappa shape index (κ2) is 4.85. The molecule has 1 aliphatic heterocycles. The number of urea groups is 1. The summed E-state index contributed by atoms with van der Waals surface area (Å²) >= 11 is 0. The topological polar surface area (TPSA) is 58.7 Å².